The molecule has 1 fully saturated rings. The Morgan fingerprint density at radius 2 is 2.22 bits per heavy atom. The lowest BCUT2D eigenvalue weighted by Crippen LogP contribution is -2.47. The van der Waals surface area contributed by atoms with Crippen molar-refractivity contribution in [3.63, 3.8) is 0 Å². The largest absolute Gasteiger partial charge is 0.377 e. The Balaban J connectivity index is 1.87. The van der Waals surface area contributed by atoms with E-state index in [4.69, 9.17) is 4.74 Å². The molecule has 0 spiro atoms. The average Bonchev–Trinajstić information content (AvgIpc) is 2.75. The normalized spacial score (nSPS) is 17.7. The van der Waals surface area contributed by atoms with E-state index in [2.05, 4.69) is 35.0 Å². The Hall–Kier alpha value is -0.870. The fourth-order valence-corrected chi connectivity index (χ4v) is 2.55. The zero-order valence-electron chi connectivity index (χ0n) is 11.8. The third kappa shape index (κ3) is 2.75. The molecule has 1 aliphatic rings. The van der Waals surface area contributed by atoms with Gasteiger partial charge in [0.1, 0.15) is 0 Å². The highest BCUT2D eigenvalue weighted by molar-refractivity contribution is 5.10. The lowest BCUT2D eigenvalue weighted by Gasteiger charge is -2.40. The molecule has 1 saturated carbocycles. The molecule has 0 amide bonds. The van der Waals surface area contributed by atoms with Gasteiger partial charge in [0, 0.05) is 26.7 Å². The van der Waals surface area contributed by atoms with E-state index in [9.17, 15) is 0 Å². The Labute approximate surface area is 110 Å². The molecule has 1 aromatic rings. The van der Waals surface area contributed by atoms with Crippen molar-refractivity contribution < 1.29 is 4.74 Å². The highest BCUT2D eigenvalue weighted by Gasteiger charge is 2.36. The summed E-state index contributed by atoms with van der Waals surface area (Å²) < 4.78 is 7.70. The zero-order valence-corrected chi connectivity index (χ0v) is 11.8. The van der Waals surface area contributed by atoms with Gasteiger partial charge < -0.3 is 10.1 Å². The van der Waals surface area contributed by atoms with Gasteiger partial charge in [0.05, 0.1) is 17.0 Å². The monoisotopic (exact) mass is 251 g/mol. The second-order valence-electron chi connectivity index (χ2n) is 5.14. The minimum absolute atomic E-state index is 0.102. The molecule has 4 heteroatoms. The fourth-order valence-electron chi connectivity index (χ4n) is 2.55. The van der Waals surface area contributed by atoms with Crippen LogP contribution in [0.25, 0.3) is 0 Å². The molecule has 0 saturated heterocycles. The summed E-state index contributed by atoms with van der Waals surface area (Å²) in [5.41, 5.74) is 2.56. The number of nitrogens with zero attached hydrogens (tertiary/aromatic N) is 2. The van der Waals surface area contributed by atoms with E-state index >= 15 is 0 Å². The topological polar surface area (TPSA) is 39.1 Å². The number of aryl methyl sites for hydroxylation is 2. The molecule has 0 unspecified atom stereocenters. The van der Waals surface area contributed by atoms with E-state index in [0.29, 0.717) is 0 Å². The molecule has 1 aromatic heterocycles. The third-order valence-electron chi connectivity index (χ3n) is 4.03. The number of ether oxygens (including phenoxy) is 1. The molecule has 1 aliphatic carbocycles. The van der Waals surface area contributed by atoms with Crippen molar-refractivity contribution in [2.24, 2.45) is 0 Å². The van der Waals surface area contributed by atoms with Gasteiger partial charge in [-0.15, -0.1) is 0 Å². The van der Waals surface area contributed by atoms with Gasteiger partial charge in [0.2, 0.25) is 0 Å². The second kappa shape index (κ2) is 5.85. The maximum Gasteiger partial charge on any atom is 0.0802 e. The molecule has 0 radical (unpaired) electrons. The quantitative estimate of drug-likeness (QED) is 0.807. The number of hydrogen-bond acceptors (Lipinski definition) is 3. The van der Waals surface area contributed by atoms with Crippen LogP contribution in [0.3, 0.4) is 0 Å². The Bertz CT molecular complexity index is 377. The molecule has 4 nitrogen and oxygen atoms in total. The predicted molar refractivity (Wildman–Crippen MR) is 72.6 cm³/mol. The van der Waals surface area contributed by atoms with Gasteiger partial charge in [-0.3, -0.25) is 4.68 Å². The Morgan fingerprint density at radius 1 is 1.44 bits per heavy atom. The van der Waals surface area contributed by atoms with E-state index in [0.717, 1.165) is 26.1 Å². The molecular formula is C14H25N3O. The van der Waals surface area contributed by atoms with Crippen LogP contribution in [0.5, 0.6) is 0 Å². The standard InChI is InChI=1S/C14H25N3O/c1-4-12-9-13(17(5-2)16-12)10-15-11-14(18-3)7-6-8-14/h9,15H,4-8,10-11H2,1-3H3. The highest BCUT2D eigenvalue weighted by Crippen LogP contribution is 2.34. The molecule has 2 rings (SSSR count). The summed E-state index contributed by atoms with van der Waals surface area (Å²) in [5.74, 6) is 0. The maximum absolute atomic E-state index is 5.61. The van der Waals surface area contributed by atoms with Crippen LogP contribution >= 0.6 is 0 Å². The molecule has 1 N–H and O–H groups in total. The van der Waals surface area contributed by atoms with Crippen LogP contribution in [0, 0.1) is 0 Å². The number of aromatic nitrogens is 2. The zero-order chi connectivity index (χ0) is 13.0. The number of nitrogens with one attached hydrogen (secondary N) is 1. The first-order valence-electron chi connectivity index (χ1n) is 7.04. The lowest BCUT2D eigenvalue weighted by molar-refractivity contribution is -0.0696. The molecule has 0 bridgehead atoms. The lowest BCUT2D eigenvalue weighted by atomic mass is 9.80. The highest BCUT2D eigenvalue weighted by atomic mass is 16.5. The van der Waals surface area contributed by atoms with E-state index in [1.807, 2.05) is 7.11 Å². The number of rotatable bonds is 7. The van der Waals surface area contributed by atoms with Gasteiger partial charge >= 0.3 is 0 Å². The van der Waals surface area contributed by atoms with Crippen molar-refractivity contribution in [2.75, 3.05) is 13.7 Å². The second-order valence-corrected chi connectivity index (χ2v) is 5.14. The number of hydrogen-bond donors (Lipinski definition) is 1. The Kier molecular flexibility index (Phi) is 4.40. The number of methoxy groups -OCH3 is 1. The molecular weight excluding hydrogens is 226 g/mol. The van der Waals surface area contributed by atoms with E-state index < -0.39 is 0 Å². The summed E-state index contributed by atoms with van der Waals surface area (Å²) in [6, 6.07) is 2.21. The van der Waals surface area contributed by atoms with Crippen LogP contribution < -0.4 is 5.32 Å². The van der Waals surface area contributed by atoms with Crippen LogP contribution in [-0.4, -0.2) is 29.0 Å². The summed E-state index contributed by atoms with van der Waals surface area (Å²) in [6.45, 7) is 7.05. The fraction of sp³-hybridized carbons (Fsp3) is 0.786. The van der Waals surface area contributed by atoms with Crippen LogP contribution in [0.1, 0.15) is 44.5 Å². The van der Waals surface area contributed by atoms with Crippen molar-refractivity contribution in [2.45, 2.75) is 58.2 Å². The molecule has 18 heavy (non-hydrogen) atoms. The minimum atomic E-state index is 0.102. The van der Waals surface area contributed by atoms with Gasteiger partial charge in [-0.2, -0.15) is 5.10 Å². The minimum Gasteiger partial charge on any atom is -0.377 e. The summed E-state index contributed by atoms with van der Waals surface area (Å²) in [6.07, 6.45) is 4.66. The Morgan fingerprint density at radius 3 is 2.72 bits per heavy atom. The molecule has 0 aliphatic heterocycles. The summed E-state index contributed by atoms with van der Waals surface area (Å²) in [7, 11) is 1.83. The van der Waals surface area contributed by atoms with Crippen LogP contribution in [0.15, 0.2) is 6.07 Å². The first-order chi connectivity index (χ1) is 8.73. The van der Waals surface area contributed by atoms with E-state index in [1.54, 1.807) is 0 Å². The summed E-state index contributed by atoms with van der Waals surface area (Å²) in [5, 5.41) is 8.08. The molecule has 0 atom stereocenters. The van der Waals surface area contributed by atoms with Crippen molar-refractivity contribution in [3.05, 3.63) is 17.5 Å². The van der Waals surface area contributed by atoms with Gasteiger partial charge in [-0.1, -0.05) is 6.92 Å². The van der Waals surface area contributed by atoms with Crippen LogP contribution in [0.4, 0.5) is 0 Å². The smallest absolute Gasteiger partial charge is 0.0802 e. The summed E-state index contributed by atoms with van der Waals surface area (Å²) >= 11 is 0. The molecule has 102 valence electrons. The summed E-state index contributed by atoms with van der Waals surface area (Å²) in [4.78, 5) is 0. The van der Waals surface area contributed by atoms with Crippen molar-refractivity contribution in [1.29, 1.82) is 0 Å². The van der Waals surface area contributed by atoms with Crippen molar-refractivity contribution in [3.8, 4) is 0 Å². The van der Waals surface area contributed by atoms with Crippen molar-refractivity contribution >= 4 is 0 Å². The first kappa shape index (κ1) is 13.6. The van der Waals surface area contributed by atoms with E-state index in [-0.39, 0.29) is 5.60 Å². The van der Waals surface area contributed by atoms with Gasteiger partial charge in [-0.05, 0) is 38.7 Å². The van der Waals surface area contributed by atoms with Crippen LogP contribution in [-0.2, 0) is 24.2 Å². The first-order valence-corrected chi connectivity index (χ1v) is 7.04. The SMILES string of the molecule is CCc1cc(CNCC2(OC)CCC2)n(CC)n1. The third-order valence-corrected chi connectivity index (χ3v) is 4.03. The molecule has 1 heterocycles. The molecule has 0 aromatic carbocycles. The van der Waals surface area contributed by atoms with Gasteiger partial charge in [0.15, 0.2) is 0 Å². The predicted octanol–water partition coefficient (Wildman–Crippen LogP) is 2.12. The van der Waals surface area contributed by atoms with Gasteiger partial charge in [0.25, 0.3) is 0 Å². The van der Waals surface area contributed by atoms with E-state index in [1.165, 1.54) is 30.7 Å². The maximum atomic E-state index is 5.61. The average molecular weight is 251 g/mol. The van der Waals surface area contributed by atoms with Crippen molar-refractivity contribution in [1.82, 2.24) is 15.1 Å². The van der Waals surface area contributed by atoms with Gasteiger partial charge in [-0.25, -0.2) is 0 Å². The van der Waals surface area contributed by atoms with Crippen LogP contribution in [0.2, 0.25) is 0 Å².